The van der Waals surface area contributed by atoms with Crippen LogP contribution in [0.4, 0.5) is 0 Å². The number of aryl methyl sites for hydroxylation is 2. The van der Waals surface area contributed by atoms with Crippen LogP contribution in [-0.2, 0) is 4.79 Å². The number of halogens is 1. The fourth-order valence-electron chi connectivity index (χ4n) is 2.02. The molecule has 0 bridgehead atoms. The van der Waals surface area contributed by atoms with Gasteiger partial charge in [0.25, 0.3) is 11.8 Å². The van der Waals surface area contributed by atoms with E-state index in [0.717, 1.165) is 15.6 Å². The SMILES string of the molecule is Cc1cccc(C(=O)NNC(=S)NC(=O)COc2ccc(Br)c(C)c2)c1. The summed E-state index contributed by atoms with van der Waals surface area (Å²) in [5.74, 6) is -0.216. The highest BCUT2D eigenvalue weighted by molar-refractivity contribution is 9.10. The molecule has 26 heavy (non-hydrogen) atoms. The molecule has 2 rings (SSSR count). The van der Waals surface area contributed by atoms with E-state index in [9.17, 15) is 9.59 Å². The van der Waals surface area contributed by atoms with Crippen molar-refractivity contribution in [2.24, 2.45) is 0 Å². The summed E-state index contributed by atoms with van der Waals surface area (Å²) in [7, 11) is 0. The predicted octanol–water partition coefficient (Wildman–Crippen LogP) is 2.78. The standard InChI is InChI=1S/C18H18BrN3O3S/c1-11-4-3-5-13(8-11)17(24)21-22-18(26)20-16(23)10-25-14-6-7-15(19)12(2)9-14/h3-9H,10H2,1-2H3,(H,21,24)(H2,20,22,23,26). The van der Waals surface area contributed by atoms with Crippen LogP contribution in [-0.4, -0.2) is 23.5 Å². The van der Waals surface area contributed by atoms with Gasteiger partial charge in [-0.3, -0.25) is 25.8 Å². The molecule has 0 aliphatic carbocycles. The third kappa shape index (κ3) is 6.12. The maximum atomic E-state index is 12.0. The quantitative estimate of drug-likeness (QED) is 0.508. The smallest absolute Gasteiger partial charge is 0.269 e. The van der Waals surface area contributed by atoms with Crippen molar-refractivity contribution in [1.29, 1.82) is 0 Å². The van der Waals surface area contributed by atoms with Gasteiger partial charge in [0.2, 0.25) is 0 Å². The zero-order valence-electron chi connectivity index (χ0n) is 14.3. The third-order valence-electron chi connectivity index (χ3n) is 3.32. The summed E-state index contributed by atoms with van der Waals surface area (Å²) in [6.45, 7) is 3.61. The molecule has 0 saturated heterocycles. The van der Waals surface area contributed by atoms with Crippen molar-refractivity contribution in [2.75, 3.05) is 6.61 Å². The maximum Gasteiger partial charge on any atom is 0.269 e. The lowest BCUT2D eigenvalue weighted by atomic mass is 10.1. The molecule has 0 spiro atoms. The first-order valence-electron chi connectivity index (χ1n) is 7.71. The fraction of sp³-hybridized carbons (Fsp3) is 0.167. The first-order chi connectivity index (χ1) is 12.3. The van der Waals surface area contributed by atoms with Gasteiger partial charge in [0, 0.05) is 10.0 Å². The van der Waals surface area contributed by atoms with E-state index in [1.807, 2.05) is 32.0 Å². The van der Waals surface area contributed by atoms with E-state index in [2.05, 4.69) is 32.1 Å². The second kappa shape index (κ2) is 9.30. The van der Waals surface area contributed by atoms with Gasteiger partial charge in [0.15, 0.2) is 11.7 Å². The Morgan fingerprint density at radius 1 is 1.12 bits per heavy atom. The molecule has 6 nitrogen and oxygen atoms in total. The molecule has 2 aromatic rings. The van der Waals surface area contributed by atoms with Crippen LogP contribution in [0, 0.1) is 13.8 Å². The van der Waals surface area contributed by atoms with E-state index in [1.54, 1.807) is 24.3 Å². The number of carbonyl (C=O) groups excluding carboxylic acids is 2. The molecule has 2 amide bonds. The van der Waals surface area contributed by atoms with Gasteiger partial charge in [0.1, 0.15) is 5.75 Å². The molecule has 3 N–H and O–H groups in total. The molecular weight excluding hydrogens is 418 g/mol. The minimum atomic E-state index is -0.437. The molecule has 2 aromatic carbocycles. The summed E-state index contributed by atoms with van der Waals surface area (Å²) in [6.07, 6.45) is 0. The molecule has 0 saturated carbocycles. The van der Waals surface area contributed by atoms with Crippen molar-refractivity contribution in [3.05, 3.63) is 63.6 Å². The summed E-state index contributed by atoms with van der Waals surface area (Å²) in [5, 5.41) is 2.41. The Bertz CT molecular complexity index is 842. The summed E-state index contributed by atoms with van der Waals surface area (Å²) in [4.78, 5) is 23.8. The monoisotopic (exact) mass is 435 g/mol. The molecular formula is C18H18BrN3O3S. The highest BCUT2D eigenvalue weighted by Gasteiger charge is 2.09. The Hall–Kier alpha value is -2.45. The zero-order valence-corrected chi connectivity index (χ0v) is 16.7. The average molecular weight is 436 g/mol. The number of hydrogen-bond donors (Lipinski definition) is 3. The molecule has 0 aromatic heterocycles. The second-order valence-electron chi connectivity index (χ2n) is 5.53. The molecule has 0 atom stereocenters. The van der Waals surface area contributed by atoms with Crippen molar-refractivity contribution in [3.8, 4) is 5.75 Å². The van der Waals surface area contributed by atoms with Crippen molar-refractivity contribution in [3.63, 3.8) is 0 Å². The number of rotatable bonds is 4. The van der Waals surface area contributed by atoms with Crippen molar-refractivity contribution in [1.82, 2.24) is 16.2 Å². The molecule has 0 aliphatic heterocycles. The van der Waals surface area contributed by atoms with Gasteiger partial charge in [-0.05, 0) is 62.0 Å². The summed E-state index contributed by atoms with van der Waals surface area (Å²) in [5.41, 5.74) is 7.36. The van der Waals surface area contributed by atoms with Gasteiger partial charge in [-0.1, -0.05) is 33.6 Å². The molecule has 0 unspecified atom stereocenters. The predicted molar refractivity (Wildman–Crippen MR) is 107 cm³/mol. The zero-order chi connectivity index (χ0) is 19.1. The largest absolute Gasteiger partial charge is 0.484 e. The Kier molecular flexibility index (Phi) is 7.11. The van der Waals surface area contributed by atoms with Gasteiger partial charge in [-0.2, -0.15) is 0 Å². The number of amides is 2. The lowest BCUT2D eigenvalue weighted by Gasteiger charge is -2.12. The Labute approximate surface area is 165 Å². The number of thiocarbonyl (C=S) groups is 1. The second-order valence-corrected chi connectivity index (χ2v) is 6.79. The first kappa shape index (κ1) is 19.9. The van der Waals surface area contributed by atoms with Gasteiger partial charge in [0.05, 0.1) is 0 Å². The minimum absolute atomic E-state index is 0.0217. The van der Waals surface area contributed by atoms with E-state index >= 15 is 0 Å². The molecule has 0 radical (unpaired) electrons. The van der Waals surface area contributed by atoms with Crippen molar-refractivity contribution < 1.29 is 14.3 Å². The van der Waals surface area contributed by atoms with Crippen LogP contribution < -0.4 is 20.9 Å². The molecule has 136 valence electrons. The van der Waals surface area contributed by atoms with E-state index < -0.39 is 5.91 Å². The van der Waals surface area contributed by atoms with Crippen LogP contribution >= 0.6 is 28.1 Å². The van der Waals surface area contributed by atoms with Gasteiger partial charge in [-0.15, -0.1) is 0 Å². The first-order valence-corrected chi connectivity index (χ1v) is 8.91. The normalized spacial score (nSPS) is 9.96. The lowest BCUT2D eigenvalue weighted by Crippen LogP contribution is -2.49. The van der Waals surface area contributed by atoms with E-state index in [0.29, 0.717) is 11.3 Å². The molecule has 0 aliphatic rings. The van der Waals surface area contributed by atoms with Crippen molar-refractivity contribution in [2.45, 2.75) is 13.8 Å². The van der Waals surface area contributed by atoms with Crippen LogP contribution in [0.15, 0.2) is 46.9 Å². The number of hydrogen-bond acceptors (Lipinski definition) is 4. The Balaban J connectivity index is 1.75. The van der Waals surface area contributed by atoms with Crippen LogP contribution in [0.5, 0.6) is 5.75 Å². The number of hydrazine groups is 1. The van der Waals surface area contributed by atoms with E-state index in [-0.39, 0.29) is 17.6 Å². The molecule has 0 heterocycles. The minimum Gasteiger partial charge on any atom is -0.484 e. The lowest BCUT2D eigenvalue weighted by molar-refractivity contribution is -0.121. The van der Waals surface area contributed by atoms with Crippen LogP contribution in [0.25, 0.3) is 0 Å². The summed E-state index contributed by atoms with van der Waals surface area (Å²) in [6, 6.07) is 12.5. The molecule has 8 heteroatoms. The topological polar surface area (TPSA) is 79.5 Å². The summed E-state index contributed by atoms with van der Waals surface area (Å²) >= 11 is 8.37. The van der Waals surface area contributed by atoms with E-state index in [4.69, 9.17) is 17.0 Å². The molecule has 0 fully saturated rings. The van der Waals surface area contributed by atoms with Crippen molar-refractivity contribution >= 4 is 45.1 Å². The highest BCUT2D eigenvalue weighted by atomic mass is 79.9. The summed E-state index contributed by atoms with van der Waals surface area (Å²) < 4.78 is 6.37. The fourth-order valence-corrected chi connectivity index (χ4v) is 2.43. The van der Waals surface area contributed by atoms with Crippen LogP contribution in [0.2, 0.25) is 0 Å². The number of carbonyl (C=O) groups is 2. The van der Waals surface area contributed by atoms with Crippen LogP contribution in [0.1, 0.15) is 21.5 Å². The van der Waals surface area contributed by atoms with Crippen LogP contribution in [0.3, 0.4) is 0 Å². The average Bonchev–Trinajstić information content (AvgIpc) is 2.60. The maximum absolute atomic E-state index is 12.0. The van der Waals surface area contributed by atoms with Gasteiger partial charge >= 0.3 is 0 Å². The number of ether oxygens (including phenoxy) is 1. The number of benzene rings is 2. The van der Waals surface area contributed by atoms with E-state index in [1.165, 1.54) is 0 Å². The third-order valence-corrected chi connectivity index (χ3v) is 4.42. The highest BCUT2D eigenvalue weighted by Crippen LogP contribution is 2.21. The van der Waals surface area contributed by atoms with Gasteiger partial charge < -0.3 is 4.74 Å². The van der Waals surface area contributed by atoms with Gasteiger partial charge in [-0.25, -0.2) is 0 Å². The number of nitrogens with one attached hydrogen (secondary N) is 3. The Morgan fingerprint density at radius 2 is 1.88 bits per heavy atom. The Morgan fingerprint density at radius 3 is 2.58 bits per heavy atom.